The molecule has 2 aliphatic heterocycles. The highest BCUT2D eigenvalue weighted by Gasteiger charge is 2.29. The number of anilines is 2. The highest BCUT2D eigenvalue weighted by Crippen LogP contribution is 2.38. The van der Waals surface area contributed by atoms with Gasteiger partial charge in [-0.2, -0.15) is 0 Å². The van der Waals surface area contributed by atoms with Crippen molar-refractivity contribution in [2.24, 2.45) is 0 Å². The summed E-state index contributed by atoms with van der Waals surface area (Å²) in [7, 11) is 0. The van der Waals surface area contributed by atoms with Gasteiger partial charge in [-0.05, 0) is 53.4 Å². The molecule has 3 N–H and O–H groups in total. The van der Waals surface area contributed by atoms with Crippen LogP contribution in [0.4, 0.5) is 15.8 Å². The molecular weight excluding hydrogens is 473 g/mol. The van der Waals surface area contributed by atoms with Gasteiger partial charge in [-0.25, -0.2) is 4.39 Å². The number of carbonyl (C=O) groups excluding carboxylic acids is 1. The molecule has 1 amide bonds. The highest BCUT2D eigenvalue weighted by atomic mass is 19.1. The average Bonchev–Trinajstić information content (AvgIpc) is 3.22. The van der Waals surface area contributed by atoms with Crippen LogP contribution < -0.4 is 10.6 Å². The number of benzene rings is 3. The summed E-state index contributed by atoms with van der Waals surface area (Å²) in [5.41, 5.74) is 5.71. The van der Waals surface area contributed by atoms with Gasteiger partial charge in [-0.15, -0.1) is 0 Å². The zero-order valence-corrected chi connectivity index (χ0v) is 20.3. The summed E-state index contributed by atoms with van der Waals surface area (Å²) in [5, 5.41) is 15.2. The number of halogens is 1. The van der Waals surface area contributed by atoms with E-state index in [-0.39, 0.29) is 12.3 Å². The molecule has 0 atom stereocenters. The second kappa shape index (κ2) is 10.9. The number of ether oxygens (including phenoxy) is 1. The van der Waals surface area contributed by atoms with Crippen molar-refractivity contribution >= 4 is 34.5 Å². The van der Waals surface area contributed by atoms with E-state index in [1.165, 1.54) is 17.7 Å². The lowest BCUT2D eigenvalue weighted by Gasteiger charge is -2.26. The summed E-state index contributed by atoms with van der Waals surface area (Å²) < 4.78 is 19.3. The normalized spacial score (nSPS) is 16.7. The Morgan fingerprint density at radius 1 is 1.00 bits per heavy atom. The molecule has 0 unspecified atom stereocenters. The van der Waals surface area contributed by atoms with Crippen LogP contribution in [-0.2, 0) is 27.3 Å². The van der Waals surface area contributed by atoms with Crippen LogP contribution in [0, 0.1) is 5.82 Å². The number of aryl methyl sites for hydroxylation is 1. The quantitative estimate of drug-likeness (QED) is 0.391. The van der Waals surface area contributed by atoms with Gasteiger partial charge in [0, 0.05) is 37.3 Å². The molecule has 0 aliphatic carbocycles. The summed E-state index contributed by atoms with van der Waals surface area (Å²) in [6.07, 6.45) is 0.464. The fourth-order valence-electron chi connectivity index (χ4n) is 4.62. The molecule has 3 aromatic rings. The van der Waals surface area contributed by atoms with Gasteiger partial charge in [0.05, 0.1) is 30.2 Å². The van der Waals surface area contributed by atoms with Crippen molar-refractivity contribution in [1.82, 2.24) is 4.90 Å². The van der Waals surface area contributed by atoms with Crippen molar-refractivity contribution in [2.75, 3.05) is 36.9 Å². The van der Waals surface area contributed by atoms with Crippen molar-refractivity contribution < 1.29 is 23.8 Å². The van der Waals surface area contributed by atoms with Gasteiger partial charge in [0.25, 0.3) is 5.91 Å². The van der Waals surface area contributed by atoms with Crippen LogP contribution in [0.5, 0.6) is 0 Å². The Kier molecular flexibility index (Phi) is 7.30. The Balaban J connectivity index is 1.46. The maximum Gasteiger partial charge on any atom is 0.303 e. The van der Waals surface area contributed by atoms with Gasteiger partial charge >= 0.3 is 5.97 Å². The second-order valence-electron chi connectivity index (χ2n) is 9.20. The molecular formula is C29H28FN3O4. The molecule has 8 heteroatoms. The molecule has 2 aliphatic rings. The summed E-state index contributed by atoms with van der Waals surface area (Å²) >= 11 is 0. The summed E-state index contributed by atoms with van der Waals surface area (Å²) in [6.45, 7) is 4.16. The molecule has 0 spiro atoms. The van der Waals surface area contributed by atoms with Crippen LogP contribution in [0.25, 0.3) is 11.3 Å². The lowest BCUT2D eigenvalue weighted by molar-refractivity contribution is -0.137. The van der Waals surface area contributed by atoms with E-state index in [0.717, 1.165) is 49.7 Å². The number of nitrogens with one attached hydrogen (secondary N) is 2. The van der Waals surface area contributed by atoms with E-state index < -0.39 is 11.8 Å². The van der Waals surface area contributed by atoms with Gasteiger partial charge in [-0.3, -0.25) is 14.5 Å². The van der Waals surface area contributed by atoms with Crippen molar-refractivity contribution in [3.8, 4) is 0 Å². The molecule has 190 valence electrons. The van der Waals surface area contributed by atoms with Crippen molar-refractivity contribution in [3.63, 3.8) is 0 Å². The smallest absolute Gasteiger partial charge is 0.303 e. The van der Waals surface area contributed by atoms with E-state index in [1.54, 1.807) is 6.07 Å². The van der Waals surface area contributed by atoms with Crippen LogP contribution >= 0.6 is 0 Å². The first kappa shape index (κ1) is 24.7. The summed E-state index contributed by atoms with van der Waals surface area (Å²) in [5.74, 6) is -1.59. The average molecular weight is 502 g/mol. The fraction of sp³-hybridized carbons (Fsp3) is 0.241. The Hall–Kier alpha value is -4.01. The zero-order chi connectivity index (χ0) is 25.8. The number of morpholine rings is 1. The number of fused-ring (bicyclic) bond motifs is 1. The molecule has 7 nitrogen and oxygen atoms in total. The molecule has 37 heavy (non-hydrogen) atoms. The first-order chi connectivity index (χ1) is 18.0. The monoisotopic (exact) mass is 501 g/mol. The van der Waals surface area contributed by atoms with E-state index in [0.29, 0.717) is 28.9 Å². The first-order valence-electron chi connectivity index (χ1n) is 12.3. The molecule has 0 bridgehead atoms. The molecule has 1 fully saturated rings. The van der Waals surface area contributed by atoms with Crippen molar-refractivity contribution in [2.45, 2.75) is 19.4 Å². The second-order valence-corrected chi connectivity index (χ2v) is 9.20. The molecule has 0 saturated carbocycles. The largest absolute Gasteiger partial charge is 0.481 e. The standard InChI is InChI=1S/C29H28FN3O4/c30-22-8-11-24-25(17-22)32-29(36)27(24)28(21-6-1-19(2-7-21)5-12-26(34)35)31-23-9-3-20(4-10-23)18-33-13-15-37-16-14-33/h1-4,6-11,17,31H,5,12-16,18H2,(H,32,36)(H,34,35)/b28-27-. The van der Waals surface area contributed by atoms with Gasteiger partial charge in [0.2, 0.25) is 0 Å². The van der Waals surface area contributed by atoms with Crippen LogP contribution in [0.15, 0.2) is 66.7 Å². The predicted octanol–water partition coefficient (Wildman–Crippen LogP) is 4.61. The lowest BCUT2D eigenvalue weighted by atomic mass is 9.98. The minimum Gasteiger partial charge on any atom is -0.481 e. The highest BCUT2D eigenvalue weighted by molar-refractivity contribution is 6.37. The first-order valence-corrected chi connectivity index (χ1v) is 12.3. The Labute approximate surface area is 214 Å². The number of rotatable bonds is 8. The minimum atomic E-state index is -0.850. The molecule has 5 rings (SSSR count). The van der Waals surface area contributed by atoms with Gasteiger partial charge in [0.1, 0.15) is 5.82 Å². The van der Waals surface area contributed by atoms with Crippen LogP contribution in [0.2, 0.25) is 0 Å². The number of hydrogen-bond acceptors (Lipinski definition) is 5. The Bertz CT molecular complexity index is 1330. The van der Waals surface area contributed by atoms with Gasteiger partial charge < -0.3 is 20.5 Å². The molecule has 2 heterocycles. The van der Waals surface area contributed by atoms with Crippen LogP contribution in [0.1, 0.15) is 28.7 Å². The number of carboxylic acids is 1. The Morgan fingerprint density at radius 2 is 1.70 bits per heavy atom. The predicted molar refractivity (Wildman–Crippen MR) is 140 cm³/mol. The van der Waals surface area contributed by atoms with Gasteiger partial charge in [-0.1, -0.05) is 36.4 Å². The zero-order valence-electron chi connectivity index (χ0n) is 20.3. The van der Waals surface area contributed by atoms with E-state index >= 15 is 0 Å². The van der Waals surface area contributed by atoms with Gasteiger partial charge in [0.15, 0.2) is 0 Å². The molecule has 3 aromatic carbocycles. The third-order valence-corrected chi connectivity index (χ3v) is 6.58. The molecule has 0 aromatic heterocycles. The topological polar surface area (TPSA) is 90.9 Å². The summed E-state index contributed by atoms with van der Waals surface area (Å²) in [4.78, 5) is 26.3. The fourth-order valence-corrected chi connectivity index (χ4v) is 4.62. The minimum absolute atomic E-state index is 0.0453. The van der Waals surface area contributed by atoms with Crippen molar-refractivity contribution in [3.05, 3.63) is 94.8 Å². The number of amides is 1. The number of carbonyl (C=O) groups is 2. The number of aliphatic carboxylic acids is 1. The maximum absolute atomic E-state index is 13.8. The SMILES string of the molecule is O=C(O)CCc1ccc(/C(Nc2ccc(CN3CCOCC3)cc2)=C2/C(=O)Nc3cc(F)ccc32)cc1. The number of carboxylic acid groups (broad SMARTS) is 1. The van der Waals surface area contributed by atoms with E-state index in [4.69, 9.17) is 9.84 Å². The number of nitrogens with zero attached hydrogens (tertiary/aromatic N) is 1. The third-order valence-electron chi connectivity index (χ3n) is 6.58. The maximum atomic E-state index is 13.8. The van der Waals surface area contributed by atoms with Crippen molar-refractivity contribution in [1.29, 1.82) is 0 Å². The van der Waals surface area contributed by atoms with E-state index in [1.807, 2.05) is 36.4 Å². The van der Waals surface area contributed by atoms with Crippen LogP contribution in [0.3, 0.4) is 0 Å². The number of hydrogen-bond donors (Lipinski definition) is 3. The van der Waals surface area contributed by atoms with E-state index in [2.05, 4.69) is 27.7 Å². The molecule has 1 saturated heterocycles. The van der Waals surface area contributed by atoms with Crippen LogP contribution in [-0.4, -0.2) is 48.2 Å². The summed E-state index contributed by atoms with van der Waals surface area (Å²) in [6, 6.07) is 19.8. The lowest BCUT2D eigenvalue weighted by Crippen LogP contribution is -2.35. The molecule has 0 radical (unpaired) electrons. The Morgan fingerprint density at radius 3 is 2.41 bits per heavy atom. The third kappa shape index (κ3) is 5.87. The van der Waals surface area contributed by atoms with E-state index in [9.17, 15) is 14.0 Å².